The molecule has 0 amide bonds. The molecule has 0 bridgehead atoms. The van der Waals surface area contributed by atoms with Crippen molar-refractivity contribution in [2.75, 3.05) is 18.5 Å². The van der Waals surface area contributed by atoms with E-state index in [9.17, 15) is 10.1 Å². The van der Waals surface area contributed by atoms with E-state index in [1.807, 2.05) is 37.3 Å². The topological polar surface area (TPSA) is 62.1 Å². The van der Waals surface area contributed by atoms with E-state index in [0.29, 0.717) is 18.7 Å². The highest BCUT2D eigenvalue weighted by Crippen LogP contribution is 2.43. The molecule has 1 heterocycles. The van der Waals surface area contributed by atoms with E-state index in [4.69, 9.17) is 4.74 Å². The molecular weight excluding hydrogens is 404 g/mol. The number of nitrogens with zero attached hydrogens (tertiary/aromatic N) is 1. The summed E-state index contributed by atoms with van der Waals surface area (Å²) in [6.07, 6.45) is 5.59. The van der Waals surface area contributed by atoms with Crippen LogP contribution in [0.2, 0.25) is 0 Å². The zero-order valence-corrected chi connectivity index (χ0v) is 17.4. The van der Waals surface area contributed by atoms with Crippen LogP contribution in [0.4, 0.5) is 0 Å². The third kappa shape index (κ3) is 3.59. The second kappa shape index (κ2) is 7.74. The fraction of sp³-hybridized carbons (Fsp3) is 0.364. The molecule has 5 heteroatoms. The lowest BCUT2D eigenvalue weighted by molar-refractivity contribution is 0.101. The minimum absolute atomic E-state index is 0.0384. The molecule has 0 radical (unpaired) electrons. The van der Waals surface area contributed by atoms with Gasteiger partial charge in [-0.05, 0) is 35.9 Å². The van der Waals surface area contributed by atoms with Crippen molar-refractivity contribution < 1.29 is 9.53 Å². The maximum Gasteiger partial charge on any atom is 0.191 e. The maximum absolute atomic E-state index is 13.3. The van der Waals surface area contributed by atoms with Gasteiger partial charge in [-0.25, -0.2) is 0 Å². The van der Waals surface area contributed by atoms with Crippen molar-refractivity contribution in [3.63, 3.8) is 0 Å². The van der Waals surface area contributed by atoms with Crippen LogP contribution in [0.15, 0.2) is 53.3 Å². The lowest BCUT2D eigenvalue weighted by Crippen LogP contribution is -2.39. The van der Waals surface area contributed by atoms with Gasteiger partial charge in [-0.1, -0.05) is 42.8 Å². The zero-order chi connectivity index (χ0) is 19.6. The van der Waals surface area contributed by atoms with Gasteiger partial charge in [0.15, 0.2) is 5.78 Å². The lowest BCUT2D eigenvalue weighted by atomic mass is 9.69. The van der Waals surface area contributed by atoms with Crippen molar-refractivity contribution in [2.45, 2.75) is 26.2 Å². The minimum Gasteiger partial charge on any atom is -0.493 e. The second-order valence-electron chi connectivity index (χ2n) is 7.29. The number of ether oxygens (including phenoxy) is 1. The van der Waals surface area contributed by atoms with Crippen LogP contribution in [0.3, 0.4) is 0 Å². The highest BCUT2D eigenvalue weighted by Gasteiger charge is 2.40. The number of nitriles is 1. The fourth-order valence-corrected chi connectivity index (χ4v) is 3.89. The summed E-state index contributed by atoms with van der Waals surface area (Å²) < 4.78 is 5.75. The number of carbonyl (C=O) groups is 1. The smallest absolute Gasteiger partial charge is 0.191 e. The maximum atomic E-state index is 13.3. The number of halogens is 1. The monoisotopic (exact) mass is 426 g/mol. The Morgan fingerprint density at radius 2 is 2.19 bits per heavy atom. The molecule has 1 aliphatic heterocycles. The van der Waals surface area contributed by atoms with E-state index >= 15 is 0 Å². The average molecular weight is 427 g/mol. The SMILES string of the molecule is C[C@@H]1/C=C\C(C#N)=C/CNC2=C1C(=O)c1ccc(OCCBr)cc1C2(C)C. The van der Waals surface area contributed by atoms with Crippen LogP contribution in [-0.4, -0.2) is 24.3 Å². The Morgan fingerprint density at radius 3 is 2.89 bits per heavy atom. The number of hydrogen-bond donors (Lipinski definition) is 1. The van der Waals surface area contributed by atoms with Gasteiger partial charge in [-0.15, -0.1) is 0 Å². The Morgan fingerprint density at radius 1 is 1.41 bits per heavy atom. The molecule has 0 aromatic heterocycles. The number of fused-ring (bicyclic) bond motifs is 1. The quantitative estimate of drug-likeness (QED) is 0.725. The fourth-order valence-electron chi connectivity index (χ4n) is 3.72. The molecule has 2 aliphatic rings. The van der Waals surface area contributed by atoms with E-state index in [1.54, 1.807) is 6.08 Å². The summed E-state index contributed by atoms with van der Waals surface area (Å²) in [7, 11) is 0. The van der Waals surface area contributed by atoms with Crippen LogP contribution >= 0.6 is 15.9 Å². The van der Waals surface area contributed by atoms with Gasteiger partial charge in [0.05, 0.1) is 12.7 Å². The molecule has 140 valence electrons. The highest BCUT2D eigenvalue weighted by molar-refractivity contribution is 9.09. The Labute approximate surface area is 168 Å². The average Bonchev–Trinajstić information content (AvgIpc) is 2.74. The number of benzene rings is 1. The summed E-state index contributed by atoms with van der Waals surface area (Å²) in [6, 6.07) is 7.90. The summed E-state index contributed by atoms with van der Waals surface area (Å²) in [5, 5.41) is 13.4. The molecule has 1 aromatic rings. The number of allylic oxidation sites excluding steroid dienone is 5. The number of carbonyl (C=O) groups excluding carboxylic acids is 1. The van der Waals surface area contributed by atoms with Gasteiger partial charge in [-0.3, -0.25) is 4.79 Å². The zero-order valence-electron chi connectivity index (χ0n) is 15.8. The predicted molar refractivity (Wildman–Crippen MR) is 110 cm³/mol. The van der Waals surface area contributed by atoms with Crippen LogP contribution in [0.1, 0.15) is 36.7 Å². The van der Waals surface area contributed by atoms with E-state index in [-0.39, 0.29) is 17.1 Å². The summed E-state index contributed by atoms with van der Waals surface area (Å²) in [6.45, 7) is 7.32. The van der Waals surface area contributed by atoms with Crippen LogP contribution in [0.25, 0.3) is 0 Å². The van der Waals surface area contributed by atoms with Gasteiger partial charge in [0.25, 0.3) is 0 Å². The third-order valence-corrected chi connectivity index (χ3v) is 5.47. The van der Waals surface area contributed by atoms with Gasteiger partial charge in [0.2, 0.25) is 0 Å². The highest BCUT2D eigenvalue weighted by atomic mass is 79.9. The number of ketones is 1. The molecule has 27 heavy (non-hydrogen) atoms. The second-order valence-corrected chi connectivity index (χ2v) is 8.08. The molecule has 0 spiro atoms. The number of hydrogen-bond acceptors (Lipinski definition) is 4. The van der Waals surface area contributed by atoms with Crippen LogP contribution in [-0.2, 0) is 5.41 Å². The van der Waals surface area contributed by atoms with Crippen LogP contribution in [0.5, 0.6) is 5.75 Å². The number of Topliss-reactive ketones (excluding diaryl/α,β-unsaturated/α-hetero) is 1. The molecule has 1 aromatic carbocycles. The van der Waals surface area contributed by atoms with Crippen LogP contribution < -0.4 is 10.1 Å². The van der Waals surface area contributed by atoms with Crippen molar-refractivity contribution in [3.8, 4) is 11.8 Å². The Bertz CT molecular complexity index is 903. The Hall–Kier alpha value is -2.32. The summed E-state index contributed by atoms with van der Waals surface area (Å²) in [5.41, 5.74) is 3.60. The molecule has 0 fully saturated rings. The summed E-state index contributed by atoms with van der Waals surface area (Å²) in [4.78, 5) is 13.3. The first-order valence-electron chi connectivity index (χ1n) is 9.05. The van der Waals surface area contributed by atoms with Crippen molar-refractivity contribution in [2.24, 2.45) is 5.92 Å². The van der Waals surface area contributed by atoms with Crippen molar-refractivity contribution in [1.82, 2.24) is 5.32 Å². The van der Waals surface area contributed by atoms with Gasteiger partial charge in [-0.2, -0.15) is 5.26 Å². The van der Waals surface area contributed by atoms with E-state index in [0.717, 1.165) is 33.5 Å². The molecule has 1 aliphatic carbocycles. The summed E-state index contributed by atoms with van der Waals surface area (Å²) in [5.74, 6) is 0.712. The van der Waals surface area contributed by atoms with Crippen molar-refractivity contribution in [1.29, 1.82) is 5.26 Å². The largest absolute Gasteiger partial charge is 0.493 e. The summed E-state index contributed by atoms with van der Waals surface area (Å²) >= 11 is 3.37. The molecule has 1 atom stereocenters. The first-order chi connectivity index (χ1) is 12.9. The molecule has 4 nitrogen and oxygen atoms in total. The van der Waals surface area contributed by atoms with Gasteiger partial charge >= 0.3 is 0 Å². The Balaban J connectivity index is 2.11. The third-order valence-electron chi connectivity index (χ3n) is 5.14. The number of alkyl halides is 1. The number of nitrogens with one attached hydrogen (secondary N) is 1. The standard InChI is InChI=1S/C22H23BrN2O2/c1-14-4-5-15(13-24)8-10-25-21-19(14)20(26)17-7-6-16(27-11-9-23)12-18(17)22(21,2)3/h4-8,12,14,25H,9-11H2,1-3H3/b5-4-,15-8+/t14-/m1/s1. The Kier molecular flexibility index (Phi) is 5.57. The molecule has 1 N–H and O–H groups in total. The van der Waals surface area contributed by atoms with E-state index in [2.05, 4.69) is 41.2 Å². The van der Waals surface area contributed by atoms with E-state index < -0.39 is 0 Å². The normalized spacial score (nSPS) is 24.0. The predicted octanol–water partition coefficient (Wildman–Crippen LogP) is 4.43. The molecule has 3 rings (SSSR count). The molecule has 0 saturated carbocycles. The van der Waals surface area contributed by atoms with Crippen LogP contribution in [0, 0.1) is 17.2 Å². The number of rotatable bonds is 3. The van der Waals surface area contributed by atoms with E-state index in [1.165, 1.54) is 0 Å². The van der Waals surface area contributed by atoms with Gasteiger partial charge < -0.3 is 10.1 Å². The molecular formula is C22H23BrN2O2. The first kappa shape index (κ1) is 19.4. The minimum atomic E-state index is -0.376. The van der Waals surface area contributed by atoms with Gasteiger partial charge in [0, 0.05) is 45.6 Å². The molecule has 0 unspecified atom stereocenters. The lowest BCUT2D eigenvalue weighted by Gasteiger charge is -2.38. The molecule has 0 saturated heterocycles. The van der Waals surface area contributed by atoms with Crippen molar-refractivity contribution in [3.05, 3.63) is 64.4 Å². The van der Waals surface area contributed by atoms with Gasteiger partial charge in [0.1, 0.15) is 5.75 Å². The first-order valence-corrected chi connectivity index (χ1v) is 10.2. The van der Waals surface area contributed by atoms with Crippen molar-refractivity contribution >= 4 is 21.7 Å².